The van der Waals surface area contributed by atoms with Crippen molar-refractivity contribution in [3.05, 3.63) is 57.1 Å². The van der Waals surface area contributed by atoms with Gasteiger partial charge in [0.1, 0.15) is 17.9 Å². The molecular weight excluding hydrogens is 406 g/mol. The lowest BCUT2D eigenvalue weighted by Crippen LogP contribution is -2.36. The van der Waals surface area contributed by atoms with Crippen molar-refractivity contribution in [2.24, 2.45) is 5.10 Å². The molecule has 0 saturated carbocycles. The molecular formula is C18H14ClN3O7. The predicted molar refractivity (Wildman–Crippen MR) is 100 cm³/mol. The van der Waals surface area contributed by atoms with Gasteiger partial charge in [0.2, 0.25) is 24.8 Å². The van der Waals surface area contributed by atoms with Crippen LogP contribution in [0, 0.1) is 10.1 Å². The number of halogens is 1. The predicted octanol–water partition coefficient (Wildman–Crippen LogP) is 2.92. The summed E-state index contributed by atoms with van der Waals surface area (Å²) in [5.74, 6) is 0.601. The van der Waals surface area contributed by atoms with Crippen molar-refractivity contribution in [2.75, 3.05) is 13.4 Å². The first-order valence-corrected chi connectivity index (χ1v) is 8.82. The Morgan fingerprint density at radius 2 is 2.00 bits per heavy atom. The number of benzene rings is 2. The van der Waals surface area contributed by atoms with Gasteiger partial charge in [0.15, 0.2) is 11.5 Å². The number of hydrogen-bond acceptors (Lipinski definition) is 8. The quantitative estimate of drug-likeness (QED) is 0.540. The van der Waals surface area contributed by atoms with E-state index in [1.54, 1.807) is 24.3 Å². The number of nitro groups is 1. The second-order valence-electron chi connectivity index (χ2n) is 6.09. The van der Waals surface area contributed by atoms with Gasteiger partial charge < -0.3 is 18.9 Å². The molecule has 2 aliphatic heterocycles. The maximum absolute atomic E-state index is 12.0. The molecule has 1 unspecified atom stereocenters. The lowest BCUT2D eigenvalue weighted by molar-refractivity contribution is -0.385. The zero-order valence-electron chi connectivity index (χ0n) is 15.0. The molecule has 4 rings (SSSR count). The molecule has 0 aromatic heterocycles. The van der Waals surface area contributed by atoms with E-state index in [0.29, 0.717) is 16.5 Å². The van der Waals surface area contributed by atoms with Crippen LogP contribution in [0.5, 0.6) is 17.2 Å². The number of carbonyl (C=O) groups is 1. The Hall–Kier alpha value is -3.53. The number of rotatable bonds is 5. The van der Waals surface area contributed by atoms with Gasteiger partial charge in [-0.05, 0) is 24.3 Å². The largest absolute Gasteiger partial charge is 0.488 e. The molecule has 150 valence electrons. The Morgan fingerprint density at radius 3 is 2.66 bits per heavy atom. The van der Waals surface area contributed by atoms with Crippen LogP contribution in [-0.2, 0) is 9.53 Å². The van der Waals surface area contributed by atoms with Gasteiger partial charge in [-0.2, -0.15) is 5.01 Å². The van der Waals surface area contributed by atoms with Crippen LogP contribution < -0.4 is 14.2 Å². The molecule has 2 heterocycles. The minimum Gasteiger partial charge on any atom is -0.488 e. The molecule has 2 aromatic carbocycles. The van der Waals surface area contributed by atoms with Crippen LogP contribution in [0.1, 0.15) is 12.5 Å². The van der Waals surface area contributed by atoms with Gasteiger partial charge in [0, 0.05) is 18.0 Å². The maximum Gasteiger partial charge on any atom is 0.286 e. The lowest BCUT2D eigenvalue weighted by atomic mass is 10.1. The third-order valence-electron chi connectivity index (χ3n) is 4.17. The second kappa shape index (κ2) is 7.47. The van der Waals surface area contributed by atoms with Crippen LogP contribution in [0.25, 0.3) is 0 Å². The number of nitro benzene ring substituents is 1. The number of ether oxygens (including phenoxy) is 4. The normalized spacial score (nSPS) is 17.0. The first-order chi connectivity index (χ1) is 13.9. The van der Waals surface area contributed by atoms with E-state index in [9.17, 15) is 14.9 Å². The molecule has 0 N–H and O–H groups in total. The molecule has 0 saturated heterocycles. The number of nitrogens with zero attached hydrogens (tertiary/aromatic N) is 3. The summed E-state index contributed by atoms with van der Waals surface area (Å²) in [7, 11) is 0. The Balaban J connectivity index is 1.59. The Kier molecular flexibility index (Phi) is 4.85. The summed E-state index contributed by atoms with van der Waals surface area (Å²) >= 11 is 5.85. The van der Waals surface area contributed by atoms with E-state index in [1.165, 1.54) is 19.1 Å². The highest BCUT2D eigenvalue weighted by Gasteiger charge is 2.36. The number of carbonyl (C=O) groups excluding carboxylic acids is 1. The molecule has 2 aliphatic rings. The van der Waals surface area contributed by atoms with Crippen LogP contribution in [0.15, 0.2) is 41.5 Å². The smallest absolute Gasteiger partial charge is 0.286 e. The fraction of sp³-hybridized carbons (Fsp3) is 0.222. The standard InChI is InChI=1S/C18H14ClN3O7/c1-10(23)21-17(8-26-12-4-2-11(19)3-5-12)29-18(20-21)13-6-15-16(28-9-27-15)7-14(13)22(24)25/h2-7,17H,8-9H2,1H3. The summed E-state index contributed by atoms with van der Waals surface area (Å²) in [4.78, 5) is 22.9. The SMILES string of the molecule is CC(=O)N1N=C(c2cc3c(cc2[N+](=O)[O-])OCO3)OC1COc1ccc(Cl)cc1. The highest BCUT2D eigenvalue weighted by Crippen LogP contribution is 2.39. The molecule has 11 heteroatoms. The number of hydrazone groups is 1. The molecule has 0 spiro atoms. The van der Waals surface area contributed by atoms with Crippen LogP contribution >= 0.6 is 11.6 Å². The number of fused-ring (bicyclic) bond motifs is 1. The summed E-state index contributed by atoms with van der Waals surface area (Å²) in [6, 6.07) is 9.29. The lowest BCUT2D eigenvalue weighted by Gasteiger charge is -2.19. The zero-order valence-corrected chi connectivity index (χ0v) is 15.8. The first-order valence-electron chi connectivity index (χ1n) is 8.44. The topological polar surface area (TPSA) is 113 Å². The van der Waals surface area contributed by atoms with Gasteiger partial charge in [-0.1, -0.05) is 11.6 Å². The van der Waals surface area contributed by atoms with Gasteiger partial charge >= 0.3 is 0 Å². The van der Waals surface area contributed by atoms with Crippen molar-refractivity contribution in [1.29, 1.82) is 0 Å². The fourth-order valence-electron chi connectivity index (χ4n) is 2.81. The van der Waals surface area contributed by atoms with Crippen LogP contribution in [0.4, 0.5) is 5.69 Å². The Morgan fingerprint density at radius 1 is 1.31 bits per heavy atom. The van der Waals surface area contributed by atoms with Gasteiger partial charge in [-0.25, -0.2) is 0 Å². The van der Waals surface area contributed by atoms with Gasteiger partial charge in [0.05, 0.1) is 11.0 Å². The highest BCUT2D eigenvalue weighted by atomic mass is 35.5. The summed E-state index contributed by atoms with van der Waals surface area (Å²) < 4.78 is 21.8. The van der Waals surface area contributed by atoms with Crippen molar-refractivity contribution in [3.8, 4) is 17.2 Å². The van der Waals surface area contributed by atoms with E-state index < -0.39 is 17.1 Å². The van der Waals surface area contributed by atoms with Crippen LogP contribution in [0.2, 0.25) is 5.02 Å². The van der Waals surface area contributed by atoms with Crippen LogP contribution in [-0.4, -0.2) is 41.4 Å². The van der Waals surface area contributed by atoms with Crippen molar-refractivity contribution in [2.45, 2.75) is 13.2 Å². The van der Waals surface area contributed by atoms with E-state index in [1.807, 2.05) is 0 Å². The van der Waals surface area contributed by atoms with Crippen molar-refractivity contribution in [1.82, 2.24) is 5.01 Å². The zero-order chi connectivity index (χ0) is 20.5. The third kappa shape index (κ3) is 3.74. The van der Waals surface area contributed by atoms with Gasteiger partial charge in [-0.3, -0.25) is 14.9 Å². The van der Waals surface area contributed by atoms with Gasteiger partial charge in [0.25, 0.3) is 5.69 Å². The highest BCUT2D eigenvalue weighted by molar-refractivity contribution is 6.30. The molecule has 2 aromatic rings. The Bertz CT molecular complexity index is 1010. The molecule has 10 nitrogen and oxygen atoms in total. The van der Waals surface area contributed by atoms with Gasteiger partial charge in [-0.15, -0.1) is 5.10 Å². The van der Waals surface area contributed by atoms with E-state index in [0.717, 1.165) is 5.01 Å². The number of amides is 1. The molecule has 0 bridgehead atoms. The minimum absolute atomic E-state index is 0.0413. The third-order valence-corrected chi connectivity index (χ3v) is 4.42. The van der Waals surface area contributed by atoms with Crippen LogP contribution in [0.3, 0.4) is 0 Å². The Labute approximate surface area is 169 Å². The molecule has 0 fully saturated rings. The van der Waals surface area contributed by atoms with E-state index in [-0.39, 0.29) is 36.3 Å². The van der Waals surface area contributed by atoms with Crippen molar-refractivity contribution < 1.29 is 28.7 Å². The maximum atomic E-state index is 12.0. The molecule has 29 heavy (non-hydrogen) atoms. The molecule has 0 aliphatic carbocycles. The number of hydrogen-bond donors (Lipinski definition) is 0. The molecule has 0 radical (unpaired) electrons. The van der Waals surface area contributed by atoms with E-state index in [4.69, 9.17) is 30.5 Å². The average molecular weight is 420 g/mol. The second-order valence-corrected chi connectivity index (χ2v) is 6.52. The van der Waals surface area contributed by atoms with Crippen molar-refractivity contribution >= 4 is 29.1 Å². The summed E-state index contributed by atoms with van der Waals surface area (Å²) in [6.07, 6.45) is -0.900. The summed E-state index contributed by atoms with van der Waals surface area (Å²) in [6.45, 7) is 1.21. The van der Waals surface area contributed by atoms with E-state index >= 15 is 0 Å². The van der Waals surface area contributed by atoms with Crippen molar-refractivity contribution in [3.63, 3.8) is 0 Å². The summed E-state index contributed by atoms with van der Waals surface area (Å²) in [5, 5.41) is 17.2. The molecule has 1 amide bonds. The first kappa shape index (κ1) is 18.8. The summed E-state index contributed by atoms with van der Waals surface area (Å²) in [5.41, 5.74) is -0.213. The van der Waals surface area contributed by atoms with E-state index in [2.05, 4.69) is 5.10 Å². The fourth-order valence-corrected chi connectivity index (χ4v) is 2.94. The monoisotopic (exact) mass is 419 g/mol. The minimum atomic E-state index is -0.900. The molecule has 1 atom stereocenters. The average Bonchev–Trinajstić information content (AvgIpc) is 3.33.